The highest BCUT2D eigenvalue weighted by Gasteiger charge is 2.31. The summed E-state index contributed by atoms with van der Waals surface area (Å²) in [5.41, 5.74) is 5.72. The third kappa shape index (κ3) is 3.29. The van der Waals surface area contributed by atoms with E-state index < -0.39 is 18.6 Å². The van der Waals surface area contributed by atoms with Gasteiger partial charge in [-0.2, -0.15) is 13.2 Å². The summed E-state index contributed by atoms with van der Waals surface area (Å²) < 4.78 is 37.2. The van der Waals surface area contributed by atoms with E-state index in [2.05, 4.69) is 36.8 Å². The van der Waals surface area contributed by atoms with Gasteiger partial charge in [0.2, 0.25) is 0 Å². The Hall–Kier alpha value is -0.0100. The molecule has 0 aliphatic rings. The zero-order chi connectivity index (χ0) is 10.9. The molecule has 1 rings (SSSR count). The van der Waals surface area contributed by atoms with Gasteiger partial charge in [0.15, 0.2) is 0 Å². The largest absolute Gasteiger partial charge is 0.390 e. The van der Waals surface area contributed by atoms with Gasteiger partial charge < -0.3 is 10.7 Å². The van der Waals surface area contributed by atoms with Crippen LogP contribution in [0.2, 0.25) is 0 Å². The molecule has 0 fully saturated rings. The number of H-pyrrole nitrogens is 1. The van der Waals surface area contributed by atoms with Crippen LogP contribution in [0.3, 0.4) is 0 Å². The van der Waals surface area contributed by atoms with Gasteiger partial charge in [-0.1, -0.05) is 0 Å². The molecule has 1 atom stereocenters. The first-order chi connectivity index (χ1) is 6.29. The van der Waals surface area contributed by atoms with Crippen molar-refractivity contribution in [3.63, 3.8) is 0 Å². The lowest BCUT2D eigenvalue weighted by atomic mass is 10.1. The van der Waals surface area contributed by atoms with E-state index in [9.17, 15) is 13.2 Å². The SMILES string of the molecule is N[C@@H](CC(F)(F)F)c1cc(Br)c(Br)[nH]1. The molecule has 0 spiro atoms. The van der Waals surface area contributed by atoms with Crippen LogP contribution in [0.5, 0.6) is 0 Å². The molecule has 0 bridgehead atoms. The van der Waals surface area contributed by atoms with Crippen LogP contribution in [0.25, 0.3) is 0 Å². The summed E-state index contributed by atoms with van der Waals surface area (Å²) in [6.07, 6.45) is -5.28. The first-order valence-corrected chi connectivity index (χ1v) is 5.24. The van der Waals surface area contributed by atoms with Crippen molar-refractivity contribution in [1.29, 1.82) is 0 Å². The summed E-state index contributed by atoms with van der Waals surface area (Å²) >= 11 is 6.27. The lowest BCUT2D eigenvalue weighted by molar-refractivity contribution is -0.138. The normalized spacial score (nSPS) is 14.4. The molecule has 1 aromatic heterocycles. The van der Waals surface area contributed by atoms with E-state index >= 15 is 0 Å². The maximum Gasteiger partial charge on any atom is 0.390 e. The third-order valence-corrected chi connectivity index (χ3v) is 3.38. The lowest BCUT2D eigenvalue weighted by Gasteiger charge is -2.12. The van der Waals surface area contributed by atoms with Crippen molar-refractivity contribution in [3.8, 4) is 0 Å². The molecule has 1 aromatic rings. The van der Waals surface area contributed by atoms with Crippen LogP contribution < -0.4 is 5.73 Å². The molecule has 3 N–H and O–H groups in total. The molecular formula is C7H7Br2F3N2. The van der Waals surface area contributed by atoms with E-state index in [-0.39, 0.29) is 0 Å². The molecule has 80 valence electrons. The molecule has 0 radical (unpaired) electrons. The van der Waals surface area contributed by atoms with Gasteiger partial charge in [-0.3, -0.25) is 0 Å². The van der Waals surface area contributed by atoms with Crippen LogP contribution in [0.1, 0.15) is 18.2 Å². The second-order valence-electron chi connectivity index (χ2n) is 2.81. The number of alkyl halides is 3. The molecule has 0 aliphatic carbocycles. The highest BCUT2D eigenvalue weighted by Crippen LogP contribution is 2.31. The predicted octanol–water partition coefficient (Wildman–Crippen LogP) is 3.49. The highest BCUT2D eigenvalue weighted by atomic mass is 79.9. The number of halogens is 5. The van der Waals surface area contributed by atoms with E-state index in [1.807, 2.05) is 0 Å². The van der Waals surface area contributed by atoms with Gasteiger partial charge >= 0.3 is 6.18 Å². The van der Waals surface area contributed by atoms with Gasteiger partial charge in [0.05, 0.1) is 17.1 Å². The first-order valence-electron chi connectivity index (χ1n) is 3.66. The zero-order valence-corrected chi connectivity index (χ0v) is 10.0. The van der Waals surface area contributed by atoms with Gasteiger partial charge in [0, 0.05) is 10.2 Å². The van der Waals surface area contributed by atoms with E-state index in [4.69, 9.17) is 5.73 Å². The minimum absolute atomic E-state index is 0.348. The van der Waals surface area contributed by atoms with Crippen molar-refractivity contribution in [2.75, 3.05) is 0 Å². The fourth-order valence-electron chi connectivity index (χ4n) is 0.981. The van der Waals surface area contributed by atoms with E-state index in [0.717, 1.165) is 0 Å². The van der Waals surface area contributed by atoms with Gasteiger partial charge in [-0.25, -0.2) is 0 Å². The van der Waals surface area contributed by atoms with Crippen molar-refractivity contribution >= 4 is 31.9 Å². The molecule has 0 amide bonds. The standard InChI is InChI=1S/C7H7Br2F3N2/c8-3-1-5(14-6(3)9)4(13)2-7(10,11)12/h1,4,14H,2,13H2/t4-/m0/s1. The van der Waals surface area contributed by atoms with Crippen LogP contribution in [0, 0.1) is 0 Å². The minimum atomic E-state index is -4.25. The molecule has 0 saturated carbocycles. The third-order valence-electron chi connectivity index (χ3n) is 1.60. The Kier molecular flexibility index (Phi) is 3.65. The van der Waals surface area contributed by atoms with Gasteiger partial charge in [-0.15, -0.1) is 0 Å². The molecule has 0 saturated heterocycles. The number of hydrogen-bond acceptors (Lipinski definition) is 1. The van der Waals surface area contributed by atoms with E-state index in [1.165, 1.54) is 6.07 Å². The molecule has 2 nitrogen and oxygen atoms in total. The van der Waals surface area contributed by atoms with Crippen molar-refractivity contribution in [3.05, 3.63) is 20.8 Å². The fraction of sp³-hybridized carbons (Fsp3) is 0.429. The lowest BCUT2D eigenvalue weighted by Crippen LogP contribution is -2.20. The number of rotatable bonds is 2. The highest BCUT2D eigenvalue weighted by molar-refractivity contribution is 9.13. The minimum Gasteiger partial charge on any atom is -0.351 e. The average molecular weight is 336 g/mol. The molecule has 0 aliphatic heterocycles. The molecular weight excluding hydrogens is 329 g/mol. The van der Waals surface area contributed by atoms with Gasteiger partial charge in [-0.05, 0) is 37.9 Å². The summed E-state index contributed by atoms with van der Waals surface area (Å²) in [4.78, 5) is 2.71. The molecule has 0 unspecified atom stereocenters. The van der Waals surface area contributed by atoms with Crippen LogP contribution in [0.15, 0.2) is 15.1 Å². The van der Waals surface area contributed by atoms with Gasteiger partial charge in [0.1, 0.15) is 0 Å². The fourth-order valence-corrected chi connectivity index (χ4v) is 1.67. The maximum absolute atomic E-state index is 12.0. The molecule has 14 heavy (non-hydrogen) atoms. The maximum atomic E-state index is 12.0. The first kappa shape index (κ1) is 12.1. The summed E-state index contributed by atoms with van der Waals surface area (Å²) in [6, 6.07) is 0.470. The summed E-state index contributed by atoms with van der Waals surface area (Å²) in [6.45, 7) is 0. The Bertz CT molecular complexity index is 302. The van der Waals surface area contributed by atoms with Crippen LogP contribution in [-0.4, -0.2) is 11.2 Å². The van der Waals surface area contributed by atoms with Crippen LogP contribution in [0.4, 0.5) is 13.2 Å². The predicted molar refractivity (Wildman–Crippen MR) is 53.8 cm³/mol. The van der Waals surface area contributed by atoms with E-state index in [1.54, 1.807) is 0 Å². The van der Waals surface area contributed by atoms with Gasteiger partial charge in [0.25, 0.3) is 0 Å². The summed E-state index contributed by atoms with van der Waals surface area (Å²) in [5, 5.41) is 0. The Labute approximate surface area is 95.3 Å². The second kappa shape index (κ2) is 4.24. The number of aromatic amines is 1. The smallest absolute Gasteiger partial charge is 0.351 e. The quantitative estimate of drug-likeness (QED) is 0.853. The monoisotopic (exact) mass is 334 g/mol. The molecule has 7 heteroatoms. The van der Waals surface area contributed by atoms with Crippen LogP contribution in [-0.2, 0) is 0 Å². The second-order valence-corrected chi connectivity index (χ2v) is 4.46. The average Bonchev–Trinajstić information content (AvgIpc) is 2.28. The zero-order valence-electron chi connectivity index (χ0n) is 6.83. The van der Waals surface area contributed by atoms with Crippen LogP contribution >= 0.6 is 31.9 Å². The van der Waals surface area contributed by atoms with E-state index in [0.29, 0.717) is 14.8 Å². The molecule has 0 aromatic carbocycles. The Morgan fingerprint density at radius 3 is 2.36 bits per heavy atom. The Morgan fingerprint density at radius 2 is 2.00 bits per heavy atom. The van der Waals surface area contributed by atoms with Crippen molar-refractivity contribution in [2.45, 2.75) is 18.6 Å². The number of nitrogens with one attached hydrogen (secondary N) is 1. The van der Waals surface area contributed by atoms with Crippen molar-refractivity contribution in [1.82, 2.24) is 4.98 Å². The number of nitrogens with two attached hydrogens (primary N) is 1. The number of hydrogen-bond donors (Lipinski definition) is 2. The topological polar surface area (TPSA) is 41.8 Å². The van der Waals surface area contributed by atoms with Crippen molar-refractivity contribution in [2.24, 2.45) is 5.73 Å². The Balaban J connectivity index is 2.75. The Morgan fingerprint density at radius 1 is 1.43 bits per heavy atom. The molecule has 1 heterocycles. The summed E-state index contributed by atoms with van der Waals surface area (Å²) in [5.74, 6) is 0. The van der Waals surface area contributed by atoms with Crippen molar-refractivity contribution < 1.29 is 13.2 Å². The summed E-state index contributed by atoms with van der Waals surface area (Å²) in [7, 11) is 0. The number of aromatic nitrogens is 1.